The van der Waals surface area contributed by atoms with Crippen molar-refractivity contribution in [2.45, 2.75) is 18.8 Å². The Morgan fingerprint density at radius 2 is 2.06 bits per heavy atom. The van der Waals surface area contributed by atoms with Gasteiger partial charge in [0.05, 0.1) is 21.8 Å². The zero-order valence-corrected chi connectivity index (χ0v) is 9.33. The van der Waals surface area contributed by atoms with Gasteiger partial charge in [-0.1, -0.05) is 29.8 Å². The van der Waals surface area contributed by atoms with Gasteiger partial charge in [-0.15, -0.1) is 0 Å². The van der Waals surface area contributed by atoms with Crippen LogP contribution in [0.1, 0.15) is 30.0 Å². The third-order valence-corrected chi connectivity index (χ3v) is 3.33. The lowest BCUT2D eigenvalue weighted by Crippen LogP contribution is -1.95. The predicted octanol–water partition coefficient (Wildman–Crippen LogP) is 3.64. The van der Waals surface area contributed by atoms with Gasteiger partial charge in [0.2, 0.25) is 0 Å². The molecule has 2 nitrogen and oxygen atoms in total. The van der Waals surface area contributed by atoms with Gasteiger partial charge in [0.25, 0.3) is 0 Å². The lowest BCUT2D eigenvalue weighted by Gasteiger charge is -2.07. The summed E-state index contributed by atoms with van der Waals surface area (Å²) in [5.41, 5.74) is 2.32. The molecule has 1 aromatic heterocycles. The summed E-state index contributed by atoms with van der Waals surface area (Å²) in [7, 11) is 0. The average molecular weight is 229 g/mol. The predicted molar refractivity (Wildman–Crippen MR) is 63.4 cm³/mol. The van der Waals surface area contributed by atoms with Crippen molar-refractivity contribution in [2.24, 2.45) is 0 Å². The van der Waals surface area contributed by atoms with Crippen LogP contribution in [0.5, 0.6) is 0 Å². The summed E-state index contributed by atoms with van der Waals surface area (Å²) in [5, 5.41) is 10.6. The SMILES string of the molecule is N#Cc1c(C2CC2)nc2ccccc2c1Cl. The summed E-state index contributed by atoms with van der Waals surface area (Å²) in [6.07, 6.45) is 2.24. The highest BCUT2D eigenvalue weighted by Gasteiger charge is 2.29. The smallest absolute Gasteiger partial charge is 0.103 e. The van der Waals surface area contributed by atoms with Crippen molar-refractivity contribution < 1.29 is 0 Å². The van der Waals surface area contributed by atoms with Gasteiger partial charge in [0.1, 0.15) is 6.07 Å². The van der Waals surface area contributed by atoms with E-state index in [1.54, 1.807) is 0 Å². The third kappa shape index (κ3) is 1.36. The van der Waals surface area contributed by atoms with Gasteiger partial charge in [0.15, 0.2) is 0 Å². The Hall–Kier alpha value is -1.59. The minimum absolute atomic E-state index is 0.441. The molecule has 0 spiro atoms. The molecular weight excluding hydrogens is 220 g/mol. The summed E-state index contributed by atoms with van der Waals surface area (Å²) >= 11 is 6.26. The van der Waals surface area contributed by atoms with Crippen LogP contribution in [0.2, 0.25) is 5.02 Å². The van der Waals surface area contributed by atoms with Crippen LogP contribution in [0.15, 0.2) is 24.3 Å². The van der Waals surface area contributed by atoms with E-state index in [9.17, 15) is 0 Å². The molecule has 1 aliphatic rings. The molecule has 0 N–H and O–H groups in total. The van der Waals surface area contributed by atoms with Gasteiger partial charge >= 0.3 is 0 Å². The van der Waals surface area contributed by atoms with E-state index in [2.05, 4.69) is 11.1 Å². The Labute approximate surface area is 98.5 Å². The molecule has 0 aliphatic heterocycles. The Morgan fingerprint density at radius 1 is 1.31 bits per heavy atom. The first-order valence-electron chi connectivity index (χ1n) is 5.29. The molecule has 0 saturated heterocycles. The van der Waals surface area contributed by atoms with E-state index in [4.69, 9.17) is 16.9 Å². The van der Waals surface area contributed by atoms with Crippen LogP contribution in [0.3, 0.4) is 0 Å². The molecule has 0 amide bonds. The molecule has 16 heavy (non-hydrogen) atoms. The number of halogens is 1. The summed E-state index contributed by atoms with van der Waals surface area (Å²) in [6.45, 7) is 0. The molecule has 0 unspecified atom stereocenters. The van der Waals surface area contributed by atoms with Gasteiger partial charge in [-0.2, -0.15) is 5.26 Å². The largest absolute Gasteiger partial charge is 0.251 e. The average Bonchev–Trinajstić information content (AvgIpc) is 3.13. The first kappa shape index (κ1) is 9.62. The molecule has 1 aliphatic carbocycles. The normalized spacial score (nSPS) is 15.0. The van der Waals surface area contributed by atoms with Crippen LogP contribution in [0.25, 0.3) is 10.9 Å². The van der Waals surface area contributed by atoms with E-state index in [-0.39, 0.29) is 0 Å². The van der Waals surface area contributed by atoms with Gasteiger partial charge in [-0.25, -0.2) is 0 Å². The lowest BCUT2D eigenvalue weighted by molar-refractivity contribution is 1.03. The summed E-state index contributed by atoms with van der Waals surface area (Å²) in [5.74, 6) is 0.441. The zero-order valence-electron chi connectivity index (χ0n) is 8.57. The van der Waals surface area contributed by atoms with E-state index < -0.39 is 0 Å². The maximum absolute atomic E-state index is 9.16. The number of benzene rings is 1. The summed E-state index contributed by atoms with van der Waals surface area (Å²) in [4.78, 5) is 4.56. The van der Waals surface area contributed by atoms with Crippen LogP contribution in [0, 0.1) is 11.3 Å². The highest BCUT2D eigenvalue weighted by molar-refractivity contribution is 6.36. The zero-order chi connectivity index (χ0) is 11.1. The molecule has 1 aromatic carbocycles. The number of hydrogen-bond donors (Lipinski definition) is 0. The number of rotatable bonds is 1. The minimum Gasteiger partial charge on any atom is -0.251 e. The third-order valence-electron chi connectivity index (χ3n) is 2.93. The van der Waals surface area contributed by atoms with E-state index in [1.165, 1.54) is 0 Å². The van der Waals surface area contributed by atoms with Gasteiger partial charge in [0, 0.05) is 11.3 Å². The summed E-state index contributed by atoms with van der Waals surface area (Å²) in [6, 6.07) is 9.88. The topological polar surface area (TPSA) is 36.7 Å². The fourth-order valence-electron chi connectivity index (χ4n) is 1.95. The number of para-hydroxylation sites is 1. The van der Waals surface area contributed by atoms with Gasteiger partial charge in [-0.3, -0.25) is 4.98 Å². The second kappa shape index (κ2) is 3.47. The van der Waals surface area contributed by atoms with Crippen LogP contribution < -0.4 is 0 Å². The standard InChI is InChI=1S/C13H9ClN2/c14-12-9-3-1-2-4-11(9)16-13(8-5-6-8)10(12)7-15/h1-4,8H,5-6H2. The molecule has 1 fully saturated rings. The first-order valence-corrected chi connectivity index (χ1v) is 5.67. The Bertz CT molecular complexity index is 609. The Kier molecular flexibility index (Phi) is 2.08. The molecule has 3 rings (SSSR count). The minimum atomic E-state index is 0.441. The maximum Gasteiger partial charge on any atom is 0.103 e. The number of pyridine rings is 1. The molecule has 2 aromatic rings. The van der Waals surface area contributed by atoms with Crippen molar-refractivity contribution in [3.8, 4) is 6.07 Å². The van der Waals surface area contributed by atoms with Crippen molar-refractivity contribution in [2.75, 3.05) is 0 Å². The molecule has 78 valence electrons. The van der Waals surface area contributed by atoms with E-state index in [0.717, 1.165) is 29.4 Å². The molecule has 3 heteroatoms. The number of fused-ring (bicyclic) bond motifs is 1. The van der Waals surface area contributed by atoms with E-state index >= 15 is 0 Å². The van der Waals surface area contributed by atoms with Crippen LogP contribution in [0.4, 0.5) is 0 Å². The number of nitriles is 1. The monoisotopic (exact) mass is 228 g/mol. The molecule has 0 radical (unpaired) electrons. The molecule has 0 atom stereocenters. The van der Waals surface area contributed by atoms with Gasteiger partial charge < -0.3 is 0 Å². The van der Waals surface area contributed by atoms with Crippen molar-refractivity contribution in [1.29, 1.82) is 5.26 Å². The maximum atomic E-state index is 9.16. The lowest BCUT2D eigenvalue weighted by atomic mass is 10.1. The van der Waals surface area contributed by atoms with E-state index in [1.807, 2.05) is 24.3 Å². The highest BCUT2D eigenvalue weighted by atomic mass is 35.5. The number of hydrogen-bond acceptors (Lipinski definition) is 2. The second-order valence-corrected chi connectivity index (χ2v) is 4.47. The number of nitrogens with zero attached hydrogens (tertiary/aromatic N) is 2. The molecule has 0 bridgehead atoms. The van der Waals surface area contributed by atoms with Crippen molar-refractivity contribution >= 4 is 22.5 Å². The van der Waals surface area contributed by atoms with Crippen molar-refractivity contribution in [1.82, 2.24) is 4.98 Å². The number of aromatic nitrogens is 1. The quantitative estimate of drug-likeness (QED) is 0.747. The second-order valence-electron chi connectivity index (χ2n) is 4.09. The molecule has 1 saturated carbocycles. The fraction of sp³-hybridized carbons (Fsp3) is 0.231. The van der Waals surface area contributed by atoms with Crippen LogP contribution >= 0.6 is 11.6 Å². The van der Waals surface area contributed by atoms with Crippen LogP contribution in [-0.4, -0.2) is 4.98 Å². The summed E-state index contributed by atoms with van der Waals surface area (Å²) < 4.78 is 0. The van der Waals surface area contributed by atoms with Gasteiger partial charge in [-0.05, 0) is 18.9 Å². The van der Waals surface area contributed by atoms with Crippen molar-refractivity contribution in [3.63, 3.8) is 0 Å². The van der Waals surface area contributed by atoms with E-state index in [0.29, 0.717) is 16.5 Å². The van der Waals surface area contributed by atoms with Crippen LogP contribution in [-0.2, 0) is 0 Å². The van der Waals surface area contributed by atoms with Crippen molar-refractivity contribution in [3.05, 3.63) is 40.5 Å². The molecular formula is C13H9ClN2. The Morgan fingerprint density at radius 3 is 2.75 bits per heavy atom. The first-order chi connectivity index (χ1) is 7.81. The Balaban J connectivity index is 2.38. The molecule has 1 heterocycles. The highest BCUT2D eigenvalue weighted by Crippen LogP contribution is 2.43. The fourth-order valence-corrected chi connectivity index (χ4v) is 2.25.